The van der Waals surface area contributed by atoms with E-state index in [-0.39, 0.29) is 6.42 Å². The van der Waals surface area contributed by atoms with Crippen LogP contribution in [-0.4, -0.2) is 31.2 Å². The van der Waals surface area contributed by atoms with Gasteiger partial charge in [-0.3, -0.25) is 0 Å². The molecule has 0 radical (unpaired) electrons. The molecule has 0 spiro atoms. The first-order valence-electron chi connectivity index (χ1n) is 12.0. The van der Waals surface area contributed by atoms with Gasteiger partial charge in [0, 0.05) is 13.2 Å². The third-order valence-corrected chi connectivity index (χ3v) is 5.10. The van der Waals surface area contributed by atoms with Gasteiger partial charge in [-0.2, -0.15) is 26.3 Å². The second-order valence-electron chi connectivity index (χ2n) is 7.76. The molecule has 0 atom stereocenters. The number of unbranched alkanes of at least 4 members (excludes halogenated alkanes) is 12. The van der Waals surface area contributed by atoms with Crippen molar-refractivity contribution in [3.63, 3.8) is 0 Å². The van der Waals surface area contributed by atoms with Crippen molar-refractivity contribution < 1.29 is 35.5 Å². The van der Waals surface area contributed by atoms with Gasteiger partial charge in [0.2, 0.25) is 0 Å². The Labute approximate surface area is 184 Å². The minimum absolute atomic E-state index is 0.179. The van der Waals surface area contributed by atoms with E-state index in [0.717, 1.165) is 71.0 Å². The monoisotopic (exact) mass is 468 g/mol. The quantitative estimate of drug-likeness (QED) is 0.144. The van der Waals surface area contributed by atoms with Gasteiger partial charge < -0.3 is 4.74 Å². The summed E-state index contributed by atoms with van der Waals surface area (Å²) in [4.78, 5) is 0. The van der Waals surface area contributed by atoms with Crippen LogP contribution in [0.3, 0.4) is 0 Å². The van der Waals surface area contributed by atoms with Gasteiger partial charge in [0.15, 0.2) is 0 Å². The summed E-state index contributed by atoms with van der Waals surface area (Å²) >= 11 is 0. The van der Waals surface area contributed by atoms with E-state index in [1.807, 2.05) is 13.8 Å². The molecule has 0 aliphatic rings. The molecule has 1 nitrogen and oxygen atoms in total. The Morgan fingerprint density at radius 2 is 0.806 bits per heavy atom. The zero-order valence-corrected chi connectivity index (χ0v) is 19.6. The van der Waals surface area contributed by atoms with E-state index in [2.05, 4.69) is 6.92 Å². The molecule has 0 aromatic heterocycles. The Hall–Kier alpha value is -0.530. The number of ether oxygens (including phenoxy) is 1. The molecule has 0 saturated heterocycles. The number of hydrogen-bond donors (Lipinski definition) is 0. The van der Waals surface area contributed by atoms with Gasteiger partial charge in [0.1, 0.15) is 0 Å². The lowest BCUT2D eigenvalue weighted by Gasteiger charge is -2.29. The molecule has 0 aromatic rings. The van der Waals surface area contributed by atoms with Crippen molar-refractivity contribution in [3.05, 3.63) is 0 Å². The van der Waals surface area contributed by atoms with Crippen LogP contribution in [0.2, 0.25) is 0 Å². The molecule has 0 amide bonds. The number of halogens is 7. The fraction of sp³-hybridized carbons (Fsp3) is 1.00. The summed E-state index contributed by atoms with van der Waals surface area (Å²) < 4.78 is 93.4. The maximum atomic E-state index is 13.4. The minimum atomic E-state index is -5.92. The topological polar surface area (TPSA) is 9.23 Å². The molecule has 0 fully saturated rings. The maximum absolute atomic E-state index is 13.4. The Morgan fingerprint density at radius 3 is 1.16 bits per heavy atom. The van der Waals surface area contributed by atoms with Gasteiger partial charge in [-0.05, 0) is 25.7 Å². The SMILES string of the molecule is CC.CCCCOCCCCCCCCCCCCCCC(F)(C(F)(F)F)C(F)(F)F. The largest absolute Gasteiger partial charge is 0.431 e. The number of alkyl halides is 7. The van der Waals surface area contributed by atoms with Crippen molar-refractivity contribution in [2.24, 2.45) is 0 Å². The summed E-state index contributed by atoms with van der Waals surface area (Å²) in [5.41, 5.74) is -5.10. The molecule has 31 heavy (non-hydrogen) atoms. The number of hydrogen-bond acceptors (Lipinski definition) is 1. The minimum Gasteiger partial charge on any atom is -0.381 e. The highest BCUT2D eigenvalue weighted by molar-refractivity contribution is 4.94. The zero-order valence-electron chi connectivity index (χ0n) is 19.6. The average Bonchev–Trinajstić information content (AvgIpc) is 2.70. The molecule has 0 aromatic carbocycles. The van der Waals surface area contributed by atoms with Gasteiger partial charge in [0.05, 0.1) is 0 Å². The summed E-state index contributed by atoms with van der Waals surface area (Å²) in [6.07, 6.45) is -1.35. The third-order valence-electron chi connectivity index (χ3n) is 5.10. The Kier molecular flexibility index (Phi) is 20.0. The lowest BCUT2D eigenvalue weighted by Crippen LogP contribution is -2.53. The molecule has 190 valence electrons. The second-order valence-corrected chi connectivity index (χ2v) is 7.76. The van der Waals surface area contributed by atoms with Crippen molar-refractivity contribution in [3.8, 4) is 0 Å². The molecular formula is C23H43F7O. The fourth-order valence-electron chi connectivity index (χ4n) is 3.13. The Balaban J connectivity index is 0. The molecule has 0 aliphatic carbocycles. The van der Waals surface area contributed by atoms with Crippen LogP contribution in [0, 0.1) is 0 Å². The average molecular weight is 469 g/mol. The standard InChI is InChI=1S/C21H37F7O.C2H6/c1-2-3-17-29-18-15-13-11-9-7-5-4-6-8-10-12-14-16-19(22,20(23,24)25)21(26,27)28;1-2/h2-18H2,1H3;1-2H3. The molecule has 0 aliphatic heterocycles. The summed E-state index contributed by atoms with van der Waals surface area (Å²) in [5.74, 6) is 0. The summed E-state index contributed by atoms with van der Waals surface area (Å²) in [6, 6.07) is 0. The van der Waals surface area contributed by atoms with Crippen LogP contribution in [-0.2, 0) is 4.74 Å². The van der Waals surface area contributed by atoms with Gasteiger partial charge in [0.25, 0.3) is 5.67 Å². The Morgan fingerprint density at radius 1 is 0.484 bits per heavy atom. The van der Waals surface area contributed by atoms with Gasteiger partial charge >= 0.3 is 12.4 Å². The summed E-state index contributed by atoms with van der Waals surface area (Å²) in [7, 11) is 0. The molecule has 0 bridgehead atoms. The van der Waals surface area contributed by atoms with E-state index in [0.29, 0.717) is 6.42 Å². The molecular weight excluding hydrogens is 425 g/mol. The van der Waals surface area contributed by atoms with Gasteiger partial charge in [-0.15, -0.1) is 0 Å². The second kappa shape index (κ2) is 19.0. The molecule has 0 heterocycles. The van der Waals surface area contributed by atoms with Crippen molar-refractivity contribution in [2.45, 2.75) is 135 Å². The van der Waals surface area contributed by atoms with Gasteiger partial charge in [-0.1, -0.05) is 91.4 Å². The van der Waals surface area contributed by atoms with Crippen LogP contribution in [0.1, 0.15) is 117 Å². The molecule has 0 unspecified atom stereocenters. The van der Waals surface area contributed by atoms with E-state index in [4.69, 9.17) is 4.74 Å². The van der Waals surface area contributed by atoms with Crippen LogP contribution in [0.5, 0.6) is 0 Å². The first-order chi connectivity index (χ1) is 14.6. The van der Waals surface area contributed by atoms with Crippen LogP contribution in [0.4, 0.5) is 30.7 Å². The highest BCUT2D eigenvalue weighted by Gasteiger charge is 2.71. The highest BCUT2D eigenvalue weighted by atomic mass is 19.4. The van der Waals surface area contributed by atoms with Crippen molar-refractivity contribution in [1.29, 1.82) is 0 Å². The zero-order chi connectivity index (χ0) is 24.2. The van der Waals surface area contributed by atoms with Crippen molar-refractivity contribution in [1.82, 2.24) is 0 Å². The van der Waals surface area contributed by atoms with E-state index in [1.54, 1.807) is 0 Å². The lowest BCUT2D eigenvalue weighted by molar-refractivity contribution is -0.343. The predicted molar refractivity (Wildman–Crippen MR) is 113 cm³/mol. The van der Waals surface area contributed by atoms with Crippen molar-refractivity contribution >= 4 is 0 Å². The predicted octanol–water partition coefficient (Wildman–Crippen LogP) is 9.73. The summed E-state index contributed by atoms with van der Waals surface area (Å²) in [6.45, 7) is 7.81. The van der Waals surface area contributed by atoms with E-state index >= 15 is 0 Å². The molecule has 0 saturated carbocycles. The van der Waals surface area contributed by atoms with Crippen LogP contribution in [0.15, 0.2) is 0 Å². The van der Waals surface area contributed by atoms with Crippen molar-refractivity contribution in [2.75, 3.05) is 13.2 Å². The van der Waals surface area contributed by atoms with Crippen LogP contribution < -0.4 is 0 Å². The van der Waals surface area contributed by atoms with E-state index in [9.17, 15) is 30.7 Å². The molecule has 0 N–H and O–H groups in total. The Bertz CT molecular complexity index is 367. The molecule has 8 heteroatoms. The van der Waals surface area contributed by atoms with Gasteiger partial charge in [-0.25, -0.2) is 4.39 Å². The van der Waals surface area contributed by atoms with Crippen LogP contribution >= 0.6 is 0 Å². The smallest absolute Gasteiger partial charge is 0.381 e. The van der Waals surface area contributed by atoms with Crippen LogP contribution in [0.25, 0.3) is 0 Å². The molecule has 0 rings (SSSR count). The summed E-state index contributed by atoms with van der Waals surface area (Å²) in [5, 5.41) is 0. The lowest BCUT2D eigenvalue weighted by atomic mass is 9.96. The number of rotatable bonds is 18. The normalized spacial score (nSPS) is 12.6. The first kappa shape index (κ1) is 32.6. The third kappa shape index (κ3) is 15.8. The highest BCUT2D eigenvalue weighted by Crippen LogP contribution is 2.49. The van der Waals surface area contributed by atoms with E-state index < -0.39 is 30.9 Å². The fourth-order valence-corrected chi connectivity index (χ4v) is 3.13. The first-order valence-corrected chi connectivity index (χ1v) is 12.0. The van der Waals surface area contributed by atoms with E-state index in [1.165, 1.54) is 12.8 Å². The maximum Gasteiger partial charge on any atom is 0.431 e.